The second kappa shape index (κ2) is 9.21. The van der Waals surface area contributed by atoms with Crippen molar-refractivity contribution in [3.05, 3.63) is 68.4 Å². The molecule has 0 radical (unpaired) electrons. The maximum Gasteiger partial charge on any atom is 0.252 e. The third-order valence-electron chi connectivity index (χ3n) is 3.63. The molecule has 0 fully saturated rings. The van der Waals surface area contributed by atoms with Gasteiger partial charge in [0.1, 0.15) is 5.82 Å². The number of benzene rings is 2. The standard InChI is InChI=1S/C18H16Cl3FN2O2/c1-10(11-2-5-14(19)16(21)8-11)24-17(25)6-7-23-18(26)13-4-3-12(22)9-15(13)20/h2-5,8-10H,6-7H2,1H3,(H,23,26)(H,24,25)/t10-/m1/s1. The molecular formula is C18H16Cl3FN2O2. The van der Waals surface area contributed by atoms with Gasteiger partial charge in [-0.3, -0.25) is 9.59 Å². The number of nitrogens with one attached hydrogen (secondary N) is 2. The fourth-order valence-corrected chi connectivity index (χ4v) is 2.80. The first-order chi connectivity index (χ1) is 12.3. The van der Waals surface area contributed by atoms with E-state index in [2.05, 4.69) is 10.6 Å². The number of halogens is 4. The van der Waals surface area contributed by atoms with Crippen LogP contribution in [0.4, 0.5) is 4.39 Å². The Hall–Kier alpha value is -1.82. The number of hydrogen-bond donors (Lipinski definition) is 2. The molecule has 1 atom stereocenters. The van der Waals surface area contributed by atoms with Crippen molar-refractivity contribution in [1.82, 2.24) is 10.6 Å². The van der Waals surface area contributed by atoms with Crippen LogP contribution < -0.4 is 10.6 Å². The lowest BCUT2D eigenvalue weighted by Gasteiger charge is -2.15. The Morgan fingerprint density at radius 1 is 1.04 bits per heavy atom. The summed E-state index contributed by atoms with van der Waals surface area (Å²) >= 11 is 17.7. The van der Waals surface area contributed by atoms with Crippen molar-refractivity contribution >= 4 is 46.6 Å². The molecule has 0 heterocycles. The van der Waals surface area contributed by atoms with Crippen molar-refractivity contribution in [2.45, 2.75) is 19.4 Å². The van der Waals surface area contributed by atoms with Gasteiger partial charge in [0.25, 0.3) is 5.91 Å². The maximum atomic E-state index is 13.0. The zero-order valence-electron chi connectivity index (χ0n) is 13.8. The van der Waals surface area contributed by atoms with Gasteiger partial charge in [0.05, 0.1) is 26.7 Å². The van der Waals surface area contributed by atoms with Gasteiger partial charge < -0.3 is 10.6 Å². The van der Waals surface area contributed by atoms with Crippen molar-refractivity contribution in [3.63, 3.8) is 0 Å². The zero-order valence-corrected chi connectivity index (χ0v) is 16.1. The summed E-state index contributed by atoms with van der Waals surface area (Å²) < 4.78 is 13.0. The average Bonchev–Trinajstić information content (AvgIpc) is 2.57. The molecule has 2 rings (SSSR count). The highest BCUT2D eigenvalue weighted by Gasteiger charge is 2.13. The molecule has 0 aliphatic heterocycles. The van der Waals surface area contributed by atoms with E-state index >= 15 is 0 Å². The van der Waals surface area contributed by atoms with E-state index in [1.807, 2.05) is 6.92 Å². The number of hydrogen-bond acceptors (Lipinski definition) is 2. The van der Waals surface area contributed by atoms with E-state index in [0.29, 0.717) is 10.0 Å². The van der Waals surface area contributed by atoms with Crippen LogP contribution in [0.5, 0.6) is 0 Å². The van der Waals surface area contributed by atoms with Crippen LogP contribution in [0.3, 0.4) is 0 Å². The number of rotatable bonds is 6. The molecule has 0 aliphatic rings. The Balaban J connectivity index is 1.82. The Morgan fingerprint density at radius 3 is 2.42 bits per heavy atom. The molecule has 8 heteroatoms. The van der Waals surface area contributed by atoms with Gasteiger partial charge in [0, 0.05) is 13.0 Å². The highest BCUT2D eigenvalue weighted by atomic mass is 35.5. The van der Waals surface area contributed by atoms with Crippen LogP contribution >= 0.6 is 34.8 Å². The third-order valence-corrected chi connectivity index (χ3v) is 4.69. The van der Waals surface area contributed by atoms with Gasteiger partial charge in [-0.05, 0) is 42.8 Å². The molecule has 26 heavy (non-hydrogen) atoms. The van der Waals surface area contributed by atoms with Crippen LogP contribution in [0.15, 0.2) is 36.4 Å². The fourth-order valence-electron chi connectivity index (χ4n) is 2.24. The molecule has 0 saturated carbocycles. The van der Waals surface area contributed by atoms with Crippen LogP contribution in [0.2, 0.25) is 15.1 Å². The van der Waals surface area contributed by atoms with E-state index in [0.717, 1.165) is 17.7 Å². The van der Waals surface area contributed by atoms with Gasteiger partial charge in [-0.25, -0.2) is 4.39 Å². The van der Waals surface area contributed by atoms with E-state index in [1.165, 1.54) is 6.07 Å². The third kappa shape index (κ3) is 5.59. The first kappa shape index (κ1) is 20.5. The Bertz CT molecular complexity index is 830. The van der Waals surface area contributed by atoms with Gasteiger partial charge in [-0.2, -0.15) is 0 Å². The van der Waals surface area contributed by atoms with E-state index in [-0.39, 0.29) is 35.5 Å². The zero-order chi connectivity index (χ0) is 19.3. The predicted molar refractivity (Wildman–Crippen MR) is 101 cm³/mol. The summed E-state index contributed by atoms with van der Waals surface area (Å²) in [6.45, 7) is 1.93. The smallest absolute Gasteiger partial charge is 0.252 e. The monoisotopic (exact) mass is 416 g/mol. The molecule has 0 unspecified atom stereocenters. The lowest BCUT2D eigenvalue weighted by molar-refractivity contribution is -0.121. The van der Waals surface area contributed by atoms with Crippen LogP contribution in [0.25, 0.3) is 0 Å². The minimum Gasteiger partial charge on any atom is -0.351 e. The molecule has 138 valence electrons. The van der Waals surface area contributed by atoms with E-state index in [9.17, 15) is 14.0 Å². The van der Waals surface area contributed by atoms with Crippen molar-refractivity contribution < 1.29 is 14.0 Å². The van der Waals surface area contributed by atoms with Gasteiger partial charge in [0.2, 0.25) is 5.91 Å². The molecule has 0 spiro atoms. The Kier molecular flexibility index (Phi) is 7.26. The lowest BCUT2D eigenvalue weighted by Crippen LogP contribution is -2.32. The van der Waals surface area contributed by atoms with Crippen LogP contribution in [-0.4, -0.2) is 18.4 Å². The highest BCUT2D eigenvalue weighted by molar-refractivity contribution is 6.42. The number of carbonyl (C=O) groups is 2. The van der Waals surface area contributed by atoms with E-state index in [4.69, 9.17) is 34.8 Å². The summed E-state index contributed by atoms with van der Waals surface area (Å²) in [6, 6.07) is 8.35. The van der Waals surface area contributed by atoms with E-state index < -0.39 is 11.7 Å². The highest BCUT2D eigenvalue weighted by Crippen LogP contribution is 2.25. The van der Waals surface area contributed by atoms with Gasteiger partial charge in [-0.1, -0.05) is 40.9 Å². The van der Waals surface area contributed by atoms with Crippen LogP contribution in [0, 0.1) is 5.82 Å². The summed E-state index contributed by atoms with van der Waals surface area (Å²) in [4.78, 5) is 24.0. The molecule has 0 aliphatic carbocycles. The summed E-state index contributed by atoms with van der Waals surface area (Å²) in [6.07, 6.45) is 0.0796. The summed E-state index contributed by atoms with van der Waals surface area (Å²) in [5, 5.41) is 6.25. The molecule has 2 aromatic carbocycles. The maximum absolute atomic E-state index is 13.0. The quantitative estimate of drug-likeness (QED) is 0.710. The Morgan fingerprint density at radius 2 is 1.77 bits per heavy atom. The van der Waals surface area contributed by atoms with Crippen molar-refractivity contribution in [3.8, 4) is 0 Å². The normalized spacial score (nSPS) is 11.7. The molecule has 0 aromatic heterocycles. The second-order valence-corrected chi connectivity index (χ2v) is 6.81. The second-order valence-electron chi connectivity index (χ2n) is 5.59. The Labute approximate surface area is 165 Å². The van der Waals surface area contributed by atoms with Crippen molar-refractivity contribution in [2.75, 3.05) is 6.54 Å². The largest absolute Gasteiger partial charge is 0.351 e. The lowest BCUT2D eigenvalue weighted by atomic mass is 10.1. The molecule has 2 N–H and O–H groups in total. The minimum atomic E-state index is -0.526. The number of carbonyl (C=O) groups excluding carboxylic acids is 2. The number of amides is 2. The topological polar surface area (TPSA) is 58.2 Å². The molecule has 0 bridgehead atoms. The van der Waals surface area contributed by atoms with Crippen LogP contribution in [0.1, 0.15) is 35.3 Å². The first-order valence-electron chi connectivity index (χ1n) is 7.75. The van der Waals surface area contributed by atoms with Crippen LogP contribution in [-0.2, 0) is 4.79 Å². The molecule has 0 saturated heterocycles. The van der Waals surface area contributed by atoms with Gasteiger partial charge >= 0.3 is 0 Å². The van der Waals surface area contributed by atoms with Gasteiger partial charge in [-0.15, -0.1) is 0 Å². The van der Waals surface area contributed by atoms with Crippen molar-refractivity contribution in [2.24, 2.45) is 0 Å². The van der Waals surface area contributed by atoms with E-state index in [1.54, 1.807) is 18.2 Å². The molecule has 2 amide bonds. The SMILES string of the molecule is C[C@@H](NC(=O)CCNC(=O)c1ccc(F)cc1Cl)c1ccc(Cl)c(Cl)c1. The molecular weight excluding hydrogens is 402 g/mol. The summed E-state index contributed by atoms with van der Waals surface area (Å²) in [5.74, 6) is -1.24. The first-order valence-corrected chi connectivity index (χ1v) is 8.89. The minimum absolute atomic E-state index is 0.0141. The average molecular weight is 418 g/mol. The summed E-state index contributed by atoms with van der Waals surface area (Å²) in [7, 11) is 0. The van der Waals surface area contributed by atoms with Crippen molar-refractivity contribution in [1.29, 1.82) is 0 Å². The van der Waals surface area contributed by atoms with Gasteiger partial charge in [0.15, 0.2) is 0 Å². The predicted octanol–water partition coefficient (Wildman–Crippen LogP) is 4.78. The summed E-state index contributed by atoms with van der Waals surface area (Å²) in [5.41, 5.74) is 0.965. The molecule has 4 nitrogen and oxygen atoms in total. The fraction of sp³-hybridized carbons (Fsp3) is 0.222. The molecule has 2 aromatic rings.